The molecule has 0 aromatic heterocycles. The number of hydrogen-bond acceptors (Lipinski definition) is 3. The van der Waals surface area contributed by atoms with E-state index in [1.54, 1.807) is 0 Å². The zero-order valence-corrected chi connectivity index (χ0v) is 14.2. The maximum Gasteiger partial charge on any atom is 0.222 e. The van der Waals surface area contributed by atoms with Crippen LogP contribution in [0, 0.1) is 5.92 Å². The maximum atomic E-state index is 12.5. The number of carbonyl (C=O) groups excluding carboxylic acids is 1. The Morgan fingerprint density at radius 2 is 2.05 bits per heavy atom. The Labute approximate surface area is 133 Å². The van der Waals surface area contributed by atoms with Crippen LogP contribution >= 0.6 is 24.2 Å². The van der Waals surface area contributed by atoms with Crippen LogP contribution < -0.4 is 5.73 Å². The number of hydrogen-bond donors (Lipinski definition) is 1. The highest BCUT2D eigenvalue weighted by molar-refractivity contribution is 7.99. The summed E-state index contributed by atoms with van der Waals surface area (Å²) in [5.74, 6) is 1.94. The van der Waals surface area contributed by atoms with Crippen molar-refractivity contribution in [2.45, 2.75) is 63.2 Å². The molecule has 118 valence electrons. The van der Waals surface area contributed by atoms with Crippen LogP contribution in [-0.2, 0) is 4.79 Å². The molecule has 1 aliphatic carbocycles. The number of rotatable bonds is 4. The van der Waals surface area contributed by atoms with E-state index >= 15 is 0 Å². The molecule has 3 nitrogen and oxygen atoms in total. The minimum atomic E-state index is 0. The van der Waals surface area contributed by atoms with Crippen LogP contribution in [-0.4, -0.2) is 40.9 Å². The van der Waals surface area contributed by atoms with Crippen LogP contribution in [0.3, 0.4) is 0 Å². The van der Waals surface area contributed by atoms with Crippen molar-refractivity contribution in [1.82, 2.24) is 4.90 Å². The summed E-state index contributed by atoms with van der Waals surface area (Å²) < 4.78 is 0. The topological polar surface area (TPSA) is 46.3 Å². The fourth-order valence-corrected chi connectivity index (χ4v) is 4.46. The summed E-state index contributed by atoms with van der Waals surface area (Å²) in [6, 6.07) is 0.261. The molecule has 20 heavy (non-hydrogen) atoms. The highest BCUT2D eigenvalue weighted by Gasteiger charge is 2.29. The number of halogens is 1. The minimum absolute atomic E-state index is 0. The molecular formula is C15H29ClN2OS. The van der Waals surface area contributed by atoms with Gasteiger partial charge in [0.1, 0.15) is 0 Å². The van der Waals surface area contributed by atoms with E-state index in [0.717, 1.165) is 31.7 Å². The SMILES string of the molecule is CCSC1CCCCN(C(=O)C[C@@H]2CCC[C@H]2N)C1.Cl. The molecule has 2 N–H and O–H groups in total. The molecule has 5 heteroatoms. The summed E-state index contributed by atoms with van der Waals surface area (Å²) in [4.78, 5) is 14.6. The van der Waals surface area contributed by atoms with Crippen molar-refractivity contribution in [1.29, 1.82) is 0 Å². The summed E-state index contributed by atoms with van der Waals surface area (Å²) in [7, 11) is 0. The van der Waals surface area contributed by atoms with Gasteiger partial charge in [0, 0.05) is 30.8 Å². The Morgan fingerprint density at radius 3 is 2.70 bits per heavy atom. The highest BCUT2D eigenvalue weighted by Crippen LogP contribution is 2.28. The average molecular weight is 321 g/mol. The minimum Gasteiger partial charge on any atom is -0.342 e. The lowest BCUT2D eigenvalue weighted by Gasteiger charge is -2.26. The first-order valence-corrected chi connectivity index (χ1v) is 8.90. The summed E-state index contributed by atoms with van der Waals surface area (Å²) in [5.41, 5.74) is 6.09. The monoisotopic (exact) mass is 320 g/mol. The molecule has 0 bridgehead atoms. The van der Waals surface area contributed by atoms with E-state index < -0.39 is 0 Å². The van der Waals surface area contributed by atoms with Crippen molar-refractivity contribution in [3.05, 3.63) is 0 Å². The van der Waals surface area contributed by atoms with Crippen molar-refractivity contribution < 1.29 is 4.79 Å². The molecule has 1 amide bonds. The lowest BCUT2D eigenvalue weighted by atomic mass is 9.99. The summed E-state index contributed by atoms with van der Waals surface area (Å²) in [6.45, 7) is 4.13. The van der Waals surface area contributed by atoms with Gasteiger partial charge in [0.15, 0.2) is 0 Å². The molecule has 2 rings (SSSR count). The van der Waals surface area contributed by atoms with Crippen LogP contribution in [0.4, 0.5) is 0 Å². The van der Waals surface area contributed by atoms with Crippen LogP contribution in [0.25, 0.3) is 0 Å². The number of likely N-dealkylation sites (tertiary alicyclic amines) is 1. The van der Waals surface area contributed by atoms with Crippen LogP contribution in [0.2, 0.25) is 0 Å². The van der Waals surface area contributed by atoms with E-state index in [0.29, 0.717) is 23.5 Å². The van der Waals surface area contributed by atoms with Crippen molar-refractivity contribution in [3.63, 3.8) is 0 Å². The number of nitrogens with two attached hydrogens (primary N) is 1. The van der Waals surface area contributed by atoms with Crippen molar-refractivity contribution >= 4 is 30.1 Å². The van der Waals surface area contributed by atoms with Crippen molar-refractivity contribution in [2.75, 3.05) is 18.8 Å². The van der Waals surface area contributed by atoms with Gasteiger partial charge in [-0.25, -0.2) is 0 Å². The molecule has 1 saturated carbocycles. The fraction of sp³-hybridized carbons (Fsp3) is 0.933. The van der Waals surface area contributed by atoms with E-state index in [9.17, 15) is 4.79 Å². The molecule has 3 atom stereocenters. The van der Waals surface area contributed by atoms with E-state index in [1.807, 2.05) is 11.8 Å². The maximum absolute atomic E-state index is 12.5. The predicted molar refractivity (Wildman–Crippen MR) is 89.5 cm³/mol. The molecule has 0 aromatic rings. The summed E-state index contributed by atoms with van der Waals surface area (Å²) in [6.07, 6.45) is 7.84. The zero-order valence-electron chi connectivity index (χ0n) is 12.6. The van der Waals surface area contributed by atoms with Gasteiger partial charge in [-0.1, -0.05) is 19.8 Å². The summed E-state index contributed by atoms with van der Waals surface area (Å²) in [5, 5.41) is 0.647. The van der Waals surface area contributed by atoms with Crippen molar-refractivity contribution in [2.24, 2.45) is 11.7 Å². The second-order valence-corrected chi connectivity index (χ2v) is 7.55. The van der Waals surface area contributed by atoms with Crippen LogP contribution in [0.1, 0.15) is 51.9 Å². The van der Waals surface area contributed by atoms with Crippen LogP contribution in [0.5, 0.6) is 0 Å². The molecular weight excluding hydrogens is 292 g/mol. The molecule has 1 aliphatic heterocycles. The largest absolute Gasteiger partial charge is 0.342 e. The molecule has 0 aromatic carbocycles. The highest BCUT2D eigenvalue weighted by atomic mass is 35.5. The molecule has 1 heterocycles. The Bertz CT molecular complexity index is 304. The van der Waals surface area contributed by atoms with E-state index in [4.69, 9.17) is 5.73 Å². The quantitative estimate of drug-likeness (QED) is 0.866. The Morgan fingerprint density at radius 1 is 1.25 bits per heavy atom. The first-order valence-electron chi connectivity index (χ1n) is 7.85. The molecule has 0 radical (unpaired) electrons. The van der Waals surface area contributed by atoms with E-state index in [-0.39, 0.29) is 18.4 Å². The van der Waals surface area contributed by atoms with Gasteiger partial charge in [0.2, 0.25) is 5.91 Å². The summed E-state index contributed by atoms with van der Waals surface area (Å²) >= 11 is 2.01. The van der Waals surface area contributed by atoms with Gasteiger partial charge >= 0.3 is 0 Å². The Hall–Kier alpha value is 0.0700. The van der Waals surface area contributed by atoms with Gasteiger partial charge in [-0.2, -0.15) is 11.8 Å². The van der Waals surface area contributed by atoms with Gasteiger partial charge in [-0.15, -0.1) is 12.4 Å². The van der Waals surface area contributed by atoms with Crippen molar-refractivity contribution in [3.8, 4) is 0 Å². The second kappa shape index (κ2) is 9.16. The third-order valence-electron chi connectivity index (χ3n) is 4.54. The first-order chi connectivity index (χ1) is 9.20. The second-order valence-electron chi connectivity index (χ2n) is 5.97. The molecule has 2 aliphatic rings. The predicted octanol–water partition coefficient (Wildman–Crippen LogP) is 3.06. The molecule has 2 fully saturated rings. The lowest BCUT2D eigenvalue weighted by Crippen LogP contribution is -2.38. The number of thioether (sulfide) groups is 1. The number of amides is 1. The zero-order chi connectivity index (χ0) is 13.7. The third kappa shape index (κ3) is 5.12. The van der Waals surface area contributed by atoms with Gasteiger partial charge in [-0.05, 0) is 37.4 Å². The molecule has 0 spiro atoms. The third-order valence-corrected chi connectivity index (χ3v) is 5.73. The van der Waals surface area contributed by atoms with E-state index in [2.05, 4.69) is 11.8 Å². The van der Waals surface area contributed by atoms with Gasteiger partial charge in [0.25, 0.3) is 0 Å². The average Bonchev–Trinajstić information content (AvgIpc) is 2.66. The lowest BCUT2D eigenvalue weighted by molar-refractivity contribution is -0.132. The smallest absolute Gasteiger partial charge is 0.222 e. The number of nitrogens with zero attached hydrogens (tertiary/aromatic N) is 1. The normalized spacial score (nSPS) is 30.7. The van der Waals surface area contributed by atoms with Gasteiger partial charge < -0.3 is 10.6 Å². The first kappa shape index (κ1) is 18.1. The number of carbonyl (C=O) groups is 1. The fourth-order valence-electron chi connectivity index (χ4n) is 3.37. The van der Waals surface area contributed by atoms with Crippen LogP contribution in [0.15, 0.2) is 0 Å². The Kier molecular flexibility index (Phi) is 8.30. The Balaban J connectivity index is 0.00000200. The van der Waals surface area contributed by atoms with Gasteiger partial charge in [-0.3, -0.25) is 4.79 Å². The molecule has 1 unspecified atom stereocenters. The standard InChI is InChI=1S/C15H28N2OS.ClH/c1-2-19-13-7-3-4-9-17(11-13)15(18)10-12-6-5-8-14(12)16;/h12-14H,2-11,16H2,1H3;1H/t12-,13?,14+;/m0./s1. The van der Waals surface area contributed by atoms with Gasteiger partial charge in [0.05, 0.1) is 0 Å². The van der Waals surface area contributed by atoms with E-state index in [1.165, 1.54) is 25.7 Å². The molecule has 1 saturated heterocycles.